The molecule has 0 atom stereocenters. The number of fused-ring (bicyclic) bond motifs is 1. The fourth-order valence-electron chi connectivity index (χ4n) is 2.96. The summed E-state index contributed by atoms with van der Waals surface area (Å²) >= 11 is 0. The van der Waals surface area contributed by atoms with Crippen LogP contribution in [0.2, 0.25) is 0 Å². The highest BCUT2D eigenvalue weighted by Crippen LogP contribution is 2.30. The van der Waals surface area contributed by atoms with Gasteiger partial charge in [0.1, 0.15) is 5.69 Å². The van der Waals surface area contributed by atoms with Crippen molar-refractivity contribution in [3.8, 4) is 0 Å². The van der Waals surface area contributed by atoms with E-state index in [0.29, 0.717) is 18.3 Å². The first kappa shape index (κ1) is 14.0. The molecule has 116 valence electrons. The molecule has 0 radical (unpaired) electrons. The number of rotatable bonds is 4. The van der Waals surface area contributed by atoms with Crippen LogP contribution in [0.3, 0.4) is 0 Å². The summed E-state index contributed by atoms with van der Waals surface area (Å²) in [4.78, 5) is 22.3. The average Bonchev–Trinajstić information content (AvgIpc) is 3.32. The minimum absolute atomic E-state index is 0.0743. The Morgan fingerprint density at radius 2 is 2.17 bits per heavy atom. The number of nitrogens with zero attached hydrogens (tertiary/aromatic N) is 2. The Balaban J connectivity index is 1.63. The molecule has 0 spiro atoms. The molecule has 0 bridgehead atoms. The van der Waals surface area contributed by atoms with Gasteiger partial charge >= 0.3 is 0 Å². The third-order valence-electron chi connectivity index (χ3n) is 4.33. The van der Waals surface area contributed by atoms with Gasteiger partial charge in [-0.3, -0.25) is 9.78 Å². The Bertz CT molecular complexity index is 849. The summed E-state index contributed by atoms with van der Waals surface area (Å²) in [6, 6.07) is 12.4. The van der Waals surface area contributed by atoms with Crippen LogP contribution < -0.4 is 0 Å². The number of carbonyl (C=O) groups is 1. The zero-order valence-corrected chi connectivity index (χ0v) is 13.1. The largest absolute Gasteiger partial charge is 0.351 e. The van der Waals surface area contributed by atoms with Crippen molar-refractivity contribution < 1.29 is 4.79 Å². The Hall–Kier alpha value is -2.62. The van der Waals surface area contributed by atoms with Crippen LogP contribution in [0.15, 0.2) is 48.8 Å². The summed E-state index contributed by atoms with van der Waals surface area (Å²) in [6.07, 6.45) is 5.76. The van der Waals surface area contributed by atoms with E-state index in [2.05, 4.69) is 29.0 Å². The van der Waals surface area contributed by atoms with E-state index < -0.39 is 0 Å². The summed E-state index contributed by atoms with van der Waals surface area (Å²) in [6.45, 7) is 2.68. The average molecular weight is 305 g/mol. The fourth-order valence-corrected chi connectivity index (χ4v) is 2.96. The number of amides is 1. The third kappa shape index (κ3) is 2.84. The van der Waals surface area contributed by atoms with Gasteiger partial charge in [0, 0.05) is 35.9 Å². The molecule has 0 unspecified atom stereocenters. The summed E-state index contributed by atoms with van der Waals surface area (Å²) in [7, 11) is 0. The topological polar surface area (TPSA) is 49.0 Å². The molecule has 4 nitrogen and oxygen atoms in total. The molecule has 4 heteroatoms. The van der Waals surface area contributed by atoms with E-state index >= 15 is 0 Å². The Morgan fingerprint density at radius 3 is 2.91 bits per heavy atom. The van der Waals surface area contributed by atoms with Crippen LogP contribution in [0.5, 0.6) is 0 Å². The first-order valence-corrected chi connectivity index (χ1v) is 8.00. The standard InChI is InChI=1S/C19H19N3O/c1-13-4-7-17-15(9-13)10-18(21-17)19(23)22(16-5-6-16)12-14-3-2-8-20-11-14/h2-4,7-11,16,21H,5-6,12H2,1H3. The van der Waals surface area contributed by atoms with E-state index in [-0.39, 0.29) is 5.91 Å². The maximum absolute atomic E-state index is 13.0. The highest BCUT2D eigenvalue weighted by atomic mass is 16.2. The van der Waals surface area contributed by atoms with Crippen molar-refractivity contribution in [2.75, 3.05) is 0 Å². The van der Waals surface area contributed by atoms with Crippen LogP contribution in [0.4, 0.5) is 0 Å². The molecule has 1 N–H and O–H groups in total. The molecule has 1 amide bonds. The second-order valence-electron chi connectivity index (χ2n) is 6.30. The molecule has 2 heterocycles. The lowest BCUT2D eigenvalue weighted by Crippen LogP contribution is -2.32. The second-order valence-corrected chi connectivity index (χ2v) is 6.30. The predicted molar refractivity (Wildman–Crippen MR) is 90.2 cm³/mol. The van der Waals surface area contributed by atoms with Gasteiger partial charge < -0.3 is 9.88 Å². The number of aromatic nitrogens is 2. The fraction of sp³-hybridized carbons (Fsp3) is 0.263. The smallest absolute Gasteiger partial charge is 0.270 e. The van der Waals surface area contributed by atoms with Gasteiger partial charge in [-0.25, -0.2) is 0 Å². The van der Waals surface area contributed by atoms with E-state index in [9.17, 15) is 4.79 Å². The quantitative estimate of drug-likeness (QED) is 0.799. The molecule has 3 aromatic rings. The number of aromatic amines is 1. The summed E-state index contributed by atoms with van der Waals surface area (Å²) in [5.41, 5.74) is 3.95. The molecule has 1 aromatic carbocycles. The van der Waals surface area contributed by atoms with Crippen molar-refractivity contribution in [1.29, 1.82) is 0 Å². The van der Waals surface area contributed by atoms with Crippen molar-refractivity contribution in [2.45, 2.75) is 32.4 Å². The van der Waals surface area contributed by atoms with Crippen LogP contribution in [-0.4, -0.2) is 26.8 Å². The molecule has 1 fully saturated rings. The van der Waals surface area contributed by atoms with Crippen LogP contribution >= 0.6 is 0 Å². The lowest BCUT2D eigenvalue weighted by Gasteiger charge is -2.21. The normalized spacial score (nSPS) is 14.1. The first-order valence-electron chi connectivity index (χ1n) is 8.00. The van der Waals surface area contributed by atoms with Gasteiger partial charge in [0.25, 0.3) is 5.91 Å². The third-order valence-corrected chi connectivity index (χ3v) is 4.33. The molecule has 0 saturated heterocycles. The van der Waals surface area contributed by atoms with Crippen molar-refractivity contribution in [3.05, 3.63) is 65.6 Å². The van der Waals surface area contributed by atoms with Gasteiger partial charge in [0.15, 0.2) is 0 Å². The highest BCUT2D eigenvalue weighted by Gasteiger charge is 2.33. The summed E-state index contributed by atoms with van der Waals surface area (Å²) in [5, 5.41) is 1.09. The van der Waals surface area contributed by atoms with Crippen molar-refractivity contribution in [3.63, 3.8) is 0 Å². The van der Waals surface area contributed by atoms with Gasteiger partial charge in [-0.15, -0.1) is 0 Å². The number of benzene rings is 1. The van der Waals surface area contributed by atoms with Crippen molar-refractivity contribution in [2.24, 2.45) is 0 Å². The monoisotopic (exact) mass is 305 g/mol. The Labute approximate surface area is 135 Å². The molecule has 23 heavy (non-hydrogen) atoms. The number of carbonyl (C=O) groups excluding carboxylic acids is 1. The van der Waals surface area contributed by atoms with Crippen molar-refractivity contribution >= 4 is 16.8 Å². The number of pyridine rings is 1. The number of H-pyrrole nitrogens is 1. The number of nitrogens with one attached hydrogen (secondary N) is 1. The maximum Gasteiger partial charge on any atom is 0.270 e. The van der Waals surface area contributed by atoms with Crippen LogP contribution in [0.25, 0.3) is 10.9 Å². The van der Waals surface area contributed by atoms with E-state index in [1.807, 2.05) is 35.4 Å². The van der Waals surface area contributed by atoms with Crippen LogP contribution in [-0.2, 0) is 6.54 Å². The van der Waals surface area contributed by atoms with Gasteiger partial charge in [-0.1, -0.05) is 17.7 Å². The summed E-state index contributed by atoms with van der Waals surface area (Å²) < 4.78 is 0. The molecule has 1 saturated carbocycles. The Kier molecular flexibility index (Phi) is 3.37. The summed E-state index contributed by atoms with van der Waals surface area (Å²) in [5.74, 6) is 0.0743. The van der Waals surface area contributed by atoms with Gasteiger partial charge in [-0.05, 0) is 49.6 Å². The molecule has 2 aromatic heterocycles. The lowest BCUT2D eigenvalue weighted by atomic mass is 10.2. The molecule has 1 aliphatic rings. The molecule has 4 rings (SSSR count). The van der Waals surface area contributed by atoms with Gasteiger partial charge in [-0.2, -0.15) is 0 Å². The first-order chi connectivity index (χ1) is 11.2. The van der Waals surface area contributed by atoms with Crippen molar-refractivity contribution in [1.82, 2.24) is 14.9 Å². The Morgan fingerprint density at radius 1 is 1.30 bits per heavy atom. The van der Waals surface area contributed by atoms with E-state index in [0.717, 1.165) is 29.3 Å². The molecule has 1 aliphatic carbocycles. The van der Waals surface area contributed by atoms with Gasteiger partial charge in [0.05, 0.1) is 0 Å². The molecular formula is C19H19N3O. The number of hydrogen-bond acceptors (Lipinski definition) is 2. The zero-order valence-electron chi connectivity index (χ0n) is 13.1. The minimum Gasteiger partial charge on any atom is -0.351 e. The SMILES string of the molecule is Cc1ccc2[nH]c(C(=O)N(Cc3cccnc3)C3CC3)cc2c1. The van der Waals surface area contributed by atoms with Gasteiger partial charge in [0.2, 0.25) is 0 Å². The van der Waals surface area contributed by atoms with E-state index in [4.69, 9.17) is 0 Å². The van der Waals surface area contributed by atoms with E-state index in [1.165, 1.54) is 5.56 Å². The number of hydrogen-bond donors (Lipinski definition) is 1. The molecular weight excluding hydrogens is 286 g/mol. The van der Waals surface area contributed by atoms with E-state index in [1.54, 1.807) is 6.20 Å². The lowest BCUT2D eigenvalue weighted by molar-refractivity contribution is 0.0725. The predicted octanol–water partition coefficient (Wildman–Crippen LogP) is 3.68. The van der Waals surface area contributed by atoms with Crippen LogP contribution in [0, 0.1) is 6.92 Å². The zero-order chi connectivity index (χ0) is 15.8. The minimum atomic E-state index is 0.0743. The highest BCUT2D eigenvalue weighted by molar-refractivity contribution is 5.98. The molecule has 0 aliphatic heterocycles. The maximum atomic E-state index is 13.0. The van der Waals surface area contributed by atoms with Crippen LogP contribution in [0.1, 0.15) is 34.5 Å². The second kappa shape index (κ2) is 5.54. The number of aryl methyl sites for hydroxylation is 1.